The Hall–Kier alpha value is -1.15. The van der Waals surface area contributed by atoms with Gasteiger partial charge in [0.1, 0.15) is 5.82 Å². The van der Waals surface area contributed by atoms with Crippen LogP contribution in [0.1, 0.15) is 25.8 Å². The van der Waals surface area contributed by atoms with E-state index in [0.29, 0.717) is 0 Å². The van der Waals surface area contributed by atoms with Gasteiger partial charge in [0.05, 0.1) is 0 Å². The fourth-order valence-corrected chi connectivity index (χ4v) is 1.79. The molecule has 2 N–H and O–H groups in total. The van der Waals surface area contributed by atoms with Crippen LogP contribution in [0.3, 0.4) is 0 Å². The van der Waals surface area contributed by atoms with E-state index in [1.807, 2.05) is 12.2 Å². The first kappa shape index (κ1) is 10.4. The van der Waals surface area contributed by atoms with Gasteiger partial charge in [-0.1, -0.05) is 38.1 Å². The van der Waals surface area contributed by atoms with Gasteiger partial charge in [-0.2, -0.15) is 0 Å². The molecular formula is C13H16FN. The summed E-state index contributed by atoms with van der Waals surface area (Å²) in [6.45, 7) is 4.31. The van der Waals surface area contributed by atoms with E-state index >= 15 is 0 Å². The Bertz CT molecular complexity index is 392. The summed E-state index contributed by atoms with van der Waals surface area (Å²) in [6, 6.07) is 6.43. The molecule has 1 nitrogen and oxygen atoms in total. The van der Waals surface area contributed by atoms with Crippen molar-refractivity contribution in [2.45, 2.75) is 25.8 Å². The fourth-order valence-electron chi connectivity index (χ4n) is 1.79. The zero-order valence-corrected chi connectivity index (χ0v) is 9.13. The number of nitrogens with two attached hydrogens (primary N) is 1. The zero-order valence-electron chi connectivity index (χ0n) is 9.13. The predicted octanol–water partition coefficient (Wildman–Crippen LogP) is 2.97. The summed E-state index contributed by atoms with van der Waals surface area (Å²) in [4.78, 5) is 0. The van der Waals surface area contributed by atoms with Crippen molar-refractivity contribution in [1.82, 2.24) is 0 Å². The van der Waals surface area contributed by atoms with Gasteiger partial charge in [0.2, 0.25) is 0 Å². The lowest BCUT2D eigenvalue weighted by Crippen LogP contribution is -2.25. The van der Waals surface area contributed by atoms with Gasteiger partial charge in [-0.05, 0) is 29.5 Å². The SMILES string of the molecule is CC1(C)CC1(N)/C=C/c1ccc(F)cc1. The van der Waals surface area contributed by atoms with Crippen LogP contribution in [0.4, 0.5) is 4.39 Å². The summed E-state index contributed by atoms with van der Waals surface area (Å²) < 4.78 is 12.6. The van der Waals surface area contributed by atoms with Crippen LogP contribution in [-0.2, 0) is 0 Å². The van der Waals surface area contributed by atoms with Crippen LogP contribution in [0.2, 0.25) is 0 Å². The van der Waals surface area contributed by atoms with Crippen molar-refractivity contribution < 1.29 is 4.39 Å². The number of halogens is 1. The second kappa shape index (κ2) is 3.17. The van der Waals surface area contributed by atoms with E-state index in [1.54, 1.807) is 12.1 Å². The minimum absolute atomic E-state index is 0.179. The Labute approximate surface area is 89.8 Å². The molecule has 1 saturated carbocycles. The average Bonchev–Trinajstić information content (AvgIpc) is 2.66. The molecule has 0 radical (unpaired) electrons. The molecule has 2 heteroatoms. The Morgan fingerprint density at radius 1 is 1.27 bits per heavy atom. The molecule has 15 heavy (non-hydrogen) atoms. The van der Waals surface area contributed by atoms with Crippen molar-refractivity contribution in [1.29, 1.82) is 0 Å². The minimum atomic E-state index is -0.207. The van der Waals surface area contributed by atoms with E-state index in [4.69, 9.17) is 5.73 Å². The largest absolute Gasteiger partial charge is 0.321 e. The van der Waals surface area contributed by atoms with Crippen LogP contribution in [0.25, 0.3) is 6.08 Å². The predicted molar refractivity (Wildman–Crippen MR) is 60.8 cm³/mol. The molecule has 0 aliphatic heterocycles. The highest BCUT2D eigenvalue weighted by atomic mass is 19.1. The number of benzene rings is 1. The molecular weight excluding hydrogens is 189 g/mol. The third-order valence-corrected chi connectivity index (χ3v) is 3.31. The summed E-state index contributed by atoms with van der Waals surface area (Å²) in [5.74, 6) is -0.207. The minimum Gasteiger partial charge on any atom is -0.321 e. The molecule has 1 fully saturated rings. The maximum absolute atomic E-state index is 12.6. The van der Waals surface area contributed by atoms with Gasteiger partial charge in [0.25, 0.3) is 0 Å². The van der Waals surface area contributed by atoms with Crippen LogP contribution in [-0.4, -0.2) is 5.54 Å². The molecule has 1 aromatic carbocycles. The van der Waals surface area contributed by atoms with E-state index in [2.05, 4.69) is 13.8 Å². The van der Waals surface area contributed by atoms with Gasteiger partial charge >= 0.3 is 0 Å². The van der Waals surface area contributed by atoms with Crippen LogP contribution >= 0.6 is 0 Å². The summed E-state index contributed by atoms with van der Waals surface area (Å²) in [6.07, 6.45) is 5.01. The van der Waals surface area contributed by atoms with E-state index in [0.717, 1.165) is 12.0 Å². The first-order chi connectivity index (χ1) is 6.93. The molecule has 0 heterocycles. The molecule has 1 aliphatic carbocycles. The van der Waals surface area contributed by atoms with Gasteiger partial charge in [-0.3, -0.25) is 0 Å². The smallest absolute Gasteiger partial charge is 0.123 e. The number of hydrogen-bond donors (Lipinski definition) is 1. The Balaban J connectivity index is 2.10. The number of rotatable bonds is 2. The molecule has 0 aromatic heterocycles. The van der Waals surface area contributed by atoms with Gasteiger partial charge in [-0.25, -0.2) is 4.39 Å². The topological polar surface area (TPSA) is 26.0 Å². The molecule has 0 bridgehead atoms. The van der Waals surface area contributed by atoms with E-state index < -0.39 is 0 Å². The third kappa shape index (κ3) is 1.95. The lowest BCUT2D eigenvalue weighted by atomic mass is 10.0. The molecule has 80 valence electrons. The van der Waals surface area contributed by atoms with Gasteiger partial charge in [-0.15, -0.1) is 0 Å². The van der Waals surface area contributed by atoms with Crippen molar-refractivity contribution in [2.24, 2.45) is 11.1 Å². The molecule has 1 atom stereocenters. The molecule has 0 amide bonds. The van der Waals surface area contributed by atoms with Gasteiger partial charge in [0.15, 0.2) is 0 Å². The van der Waals surface area contributed by atoms with Crippen molar-refractivity contribution in [2.75, 3.05) is 0 Å². The Morgan fingerprint density at radius 2 is 1.80 bits per heavy atom. The Morgan fingerprint density at radius 3 is 2.27 bits per heavy atom. The summed E-state index contributed by atoms with van der Waals surface area (Å²) in [5, 5.41) is 0. The van der Waals surface area contributed by atoms with Crippen molar-refractivity contribution in [3.05, 3.63) is 41.7 Å². The summed E-state index contributed by atoms with van der Waals surface area (Å²) in [5.41, 5.74) is 7.15. The average molecular weight is 205 g/mol. The summed E-state index contributed by atoms with van der Waals surface area (Å²) in [7, 11) is 0. The molecule has 1 unspecified atom stereocenters. The lowest BCUT2D eigenvalue weighted by molar-refractivity contribution is 0.560. The standard InChI is InChI=1S/C13H16FN/c1-12(2)9-13(12,15)8-7-10-3-5-11(14)6-4-10/h3-8H,9,15H2,1-2H3/b8-7+. The van der Waals surface area contributed by atoms with Crippen LogP contribution < -0.4 is 5.73 Å². The highest BCUT2D eigenvalue weighted by Gasteiger charge is 2.56. The van der Waals surface area contributed by atoms with Crippen molar-refractivity contribution in [3.8, 4) is 0 Å². The van der Waals surface area contributed by atoms with E-state index in [-0.39, 0.29) is 16.8 Å². The van der Waals surface area contributed by atoms with Crippen LogP contribution in [0, 0.1) is 11.2 Å². The monoisotopic (exact) mass is 205 g/mol. The Kier molecular flexibility index (Phi) is 2.19. The van der Waals surface area contributed by atoms with Gasteiger partial charge < -0.3 is 5.73 Å². The zero-order chi connectivity index (χ0) is 11.1. The molecule has 2 rings (SSSR count). The molecule has 0 saturated heterocycles. The fraction of sp³-hybridized carbons (Fsp3) is 0.385. The summed E-state index contributed by atoms with van der Waals surface area (Å²) >= 11 is 0. The van der Waals surface area contributed by atoms with E-state index in [1.165, 1.54) is 12.1 Å². The second-order valence-corrected chi connectivity index (χ2v) is 4.99. The normalized spacial score (nSPS) is 28.3. The van der Waals surface area contributed by atoms with Crippen molar-refractivity contribution >= 4 is 6.08 Å². The maximum atomic E-state index is 12.6. The maximum Gasteiger partial charge on any atom is 0.123 e. The molecule has 1 aliphatic rings. The lowest BCUT2D eigenvalue weighted by Gasteiger charge is -2.08. The number of hydrogen-bond acceptors (Lipinski definition) is 1. The highest BCUT2D eigenvalue weighted by molar-refractivity contribution is 5.52. The second-order valence-electron chi connectivity index (χ2n) is 4.99. The van der Waals surface area contributed by atoms with Crippen LogP contribution in [0.5, 0.6) is 0 Å². The first-order valence-electron chi connectivity index (χ1n) is 5.17. The first-order valence-corrected chi connectivity index (χ1v) is 5.17. The van der Waals surface area contributed by atoms with Gasteiger partial charge in [0, 0.05) is 5.54 Å². The highest BCUT2D eigenvalue weighted by Crippen LogP contribution is 2.54. The van der Waals surface area contributed by atoms with E-state index in [9.17, 15) is 4.39 Å². The van der Waals surface area contributed by atoms with Crippen molar-refractivity contribution in [3.63, 3.8) is 0 Å². The third-order valence-electron chi connectivity index (χ3n) is 3.31. The van der Waals surface area contributed by atoms with Crippen LogP contribution in [0.15, 0.2) is 30.3 Å². The molecule has 1 aromatic rings. The quantitative estimate of drug-likeness (QED) is 0.789. The molecule has 0 spiro atoms.